The Balaban J connectivity index is 1.55. The summed E-state index contributed by atoms with van der Waals surface area (Å²) < 4.78 is 6.43. The Labute approximate surface area is 144 Å². The first-order valence-electron chi connectivity index (χ1n) is 8.02. The molecule has 1 N–H and O–H groups in total. The Morgan fingerprint density at radius 2 is 1.84 bits per heavy atom. The van der Waals surface area contributed by atoms with E-state index in [4.69, 9.17) is 4.42 Å². The molecule has 0 fully saturated rings. The van der Waals surface area contributed by atoms with Gasteiger partial charge in [0.15, 0.2) is 11.4 Å². The number of nitrogens with zero attached hydrogens (tertiary/aromatic N) is 1. The summed E-state index contributed by atoms with van der Waals surface area (Å²) in [6.07, 6.45) is 1.06. The first-order chi connectivity index (χ1) is 12.0. The quantitative estimate of drug-likeness (QED) is 0.700. The zero-order chi connectivity index (χ0) is 17.8. The average Bonchev–Trinajstić information content (AvgIpc) is 2.90. The van der Waals surface area contributed by atoms with Crippen molar-refractivity contribution in [2.24, 2.45) is 7.05 Å². The predicted octanol–water partition coefficient (Wildman–Crippen LogP) is 3.12. The summed E-state index contributed by atoms with van der Waals surface area (Å²) in [5, 5.41) is 2.78. The molecule has 0 aliphatic carbocycles. The molecule has 0 spiro atoms. The minimum atomic E-state index is -0.446. The van der Waals surface area contributed by atoms with Crippen molar-refractivity contribution in [3.05, 3.63) is 64.6 Å². The summed E-state index contributed by atoms with van der Waals surface area (Å²) in [4.78, 5) is 35.5. The number of amides is 1. The van der Waals surface area contributed by atoms with E-state index in [1.54, 1.807) is 37.4 Å². The molecule has 0 radical (unpaired) electrons. The first kappa shape index (κ1) is 16.7. The van der Waals surface area contributed by atoms with Crippen molar-refractivity contribution in [1.29, 1.82) is 0 Å². The lowest BCUT2D eigenvalue weighted by molar-refractivity contribution is -0.116. The molecular formula is C19H18N2O4. The zero-order valence-corrected chi connectivity index (χ0v) is 13.8. The molecule has 0 bridgehead atoms. The Morgan fingerprint density at radius 3 is 2.60 bits per heavy atom. The molecule has 1 amide bonds. The Kier molecular flexibility index (Phi) is 4.79. The van der Waals surface area contributed by atoms with Crippen LogP contribution in [0, 0.1) is 0 Å². The van der Waals surface area contributed by atoms with Crippen molar-refractivity contribution in [2.45, 2.75) is 19.3 Å². The number of anilines is 1. The Bertz CT molecular complexity index is 970. The van der Waals surface area contributed by atoms with Crippen molar-refractivity contribution in [2.75, 3.05) is 5.32 Å². The number of aromatic nitrogens is 1. The zero-order valence-electron chi connectivity index (χ0n) is 13.8. The van der Waals surface area contributed by atoms with Gasteiger partial charge < -0.3 is 9.73 Å². The van der Waals surface area contributed by atoms with Gasteiger partial charge in [-0.25, -0.2) is 4.79 Å². The fourth-order valence-corrected chi connectivity index (χ4v) is 2.61. The number of hydrogen-bond acceptors (Lipinski definition) is 4. The molecule has 0 atom stereocenters. The summed E-state index contributed by atoms with van der Waals surface area (Å²) >= 11 is 0. The maximum atomic E-state index is 12.0. The Hall–Kier alpha value is -3.15. The highest BCUT2D eigenvalue weighted by Crippen LogP contribution is 2.18. The monoisotopic (exact) mass is 338 g/mol. The van der Waals surface area contributed by atoms with E-state index in [9.17, 15) is 14.4 Å². The number of benzene rings is 2. The number of Topliss-reactive ketones (excluding diaryl/α,β-unsaturated/α-hetero) is 1. The van der Waals surface area contributed by atoms with Gasteiger partial charge in [-0.05, 0) is 24.6 Å². The van der Waals surface area contributed by atoms with Gasteiger partial charge in [0.25, 0.3) is 0 Å². The molecule has 0 unspecified atom stereocenters. The number of nitrogens with one attached hydrogen (secondary N) is 1. The molecule has 0 saturated carbocycles. The molecule has 0 saturated heterocycles. The summed E-state index contributed by atoms with van der Waals surface area (Å²) in [6.45, 7) is 0. The molecule has 128 valence electrons. The normalized spacial score (nSPS) is 10.8. The standard InChI is InChI=1S/C19H18N2O4/c1-21-15-12-14(10-11-17(15)25-19(21)24)20-18(23)9-5-8-16(22)13-6-3-2-4-7-13/h2-4,6-7,10-12H,5,8-9H2,1H3,(H,20,23). The number of aryl methyl sites for hydroxylation is 1. The molecule has 0 aliphatic heterocycles. The van der Waals surface area contributed by atoms with E-state index in [0.717, 1.165) is 0 Å². The van der Waals surface area contributed by atoms with E-state index in [2.05, 4.69) is 5.32 Å². The number of carbonyl (C=O) groups excluding carboxylic acids is 2. The summed E-state index contributed by atoms with van der Waals surface area (Å²) in [6, 6.07) is 14.0. The van der Waals surface area contributed by atoms with Gasteiger partial charge in [-0.3, -0.25) is 14.2 Å². The van der Waals surface area contributed by atoms with Gasteiger partial charge in [0.05, 0.1) is 5.52 Å². The van der Waals surface area contributed by atoms with Crippen LogP contribution in [0.1, 0.15) is 29.6 Å². The fraction of sp³-hybridized carbons (Fsp3) is 0.211. The van der Waals surface area contributed by atoms with E-state index < -0.39 is 5.76 Å². The lowest BCUT2D eigenvalue weighted by Crippen LogP contribution is -2.12. The second-order valence-electron chi connectivity index (χ2n) is 5.80. The van der Waals surface area contributed by atoms with E-state index in [0.29, 0.717) is 35.2 Å². The third-order valence-corrected chi connectivity index (χ3v) is 3.98. The molecule has 6 heteroatoms. The molecule has 3 rings (SSSR count). The summed E-state index contributed by atoms with van der Waals surface area (Å²) in [5.41, 5.74) is 2.33. The second-order valence-corrected chi connectivity index (χ2v) is 5.80. The minimum absolute atomic E-state index is 0.0308. The van der Waals surface area contributed by atoms with Crippen LogP contribution in [0.5, 0.6) is 0 Å². The molecule has 1 heterocycles. The fourth-order valence-electron chi connectivity index (χ4n) is 2.61. The third-order valence-electron chi connectivity index (χ3n) is 3.98. The van der Waals surface area contributed by atoms with Crippen LogP contribution in [0.3, 0.4) is 0 Å². The van der Waals surface area contributed by atoms with Crippen LogP contribution in [-0.2, 0) is 11.8 Å². The second kappa shape index (κ2) is 7.17. The molecule has 0 aliphatic rings. The molecule has 2 aromatic carbocycles. The van der Waals surface area contributed by atoms with E-state index in [-0.39, 0.29) is 18.1 Å². The third kappa shape index (κ3) is 3.85. The highest BCUT2D eigenvalue weighted by atomic mass is 16.4. The van der Waals surface area contributed by atoms with E-state index >= 15 is 0 Å². The van der Waals surface area contributed by atoms with Gasteiger partial charge in [-0.1, -0.05) is 30.3 Å². The van der Waals surface area contributed by atoms with E-state index in [1.807, 2.05) is 18.2 Å². The maximum Gasteiger partial charge on any atom is 0.419 e. The average molecular weight is 338 g/mol. The lowest BCUT2D eigenvalue weighted by atomic mass is 10.1. The number of ketones is 1. The van der Waals surface area contributed by atoms with Crippen LogP contribution in [0.4, 0.5) is 5.69 Å². The molecule has 6 nitrogen and oxygen atoms in total. The van der Waals surface area contributed by atoms with Crippen LogP contribution in [0.15, 0.2) is 57.7 Å². The number of fused-ring (bicyclic) bond motifs is 1. The van der Waals surface area contributed by atoms with Crippen molar-refractivity contribution in [3.8, 4) is 0 Å². The van der Waals surface area contributed by atoms with Crippen LogP contribution in [0.25, 0.3) is 11.1 Å². The lowest BCUT2D eigenvalue weighted by Gasteiger charge is -2.05. The van der Waals surface area contributed by atoms with E-state index in [1.165, 1.54) is 4.57 Å². The molecular weight excluding hydrogens is 320 g/mol. The van der Waals surface area contributed by atoms with Crippen molar-refractivity contribution in [1.82, 2.24) is 4.57 Å². The van der Waals surface area contributed by atoms with Crippen LogP contribution >= 0.6 is 0 Å². The largest absolute Gasteiger partial charge is 0.419 e. The van der Waals surface area contributed by atoms with Crippen molar-refractivity contribution < 1.29 is 14.0 Å². The minimum Gasteiger partial charge on any atom is -0.408 e. The van der Waals surface area contributed by atoms with Gasteiger partial charge in [-0.15, -0.1) is 0 Å². The number of hydrogen-bond donors (Lipinski definition) is 1. The highest BCUT2D eigenvalue weighted by molar-refractivity contribution is 5.97. The van der Waals surface area contributed by atoms with Gasteiger partial charge >= 0.3 is 5.76 Å². The topological polar surface area (TPSA) is 81.3 Å². The van der Waals surface area contributed by atoms with Crippen LogP contribution in [-0.4, -0.2) is 16.3 Å². The Morgan fingerprint density at radius 1 is 1.08 bits per heavy atom. The molecule has 1 aromatic heterocycles. The number of carbonyl (C=O) groups is 2. The van der Waals surface area contributed by atoms with Crippen LogP contribution in [0.2, 0.25) is 0 Å². The molecule has 25 heavy (non-hydrogen) atoms. The summed E-state index contributed by atoms with van der Waals surface area (Å²) in [7, 11) is 1.61. The SMILES string of the molecule is Cn1c(=O)oc2ccc(NC(=O)CCCC(=O)c3ccccc3)cc21. The number of rotatable bonds is 6. The number of oxazole rings is 1. The predicted molar refractivity (Wildman–Crippen MR) is 94.7 cm³/mol. The highest BCUT2D eigenvalue weighted by Gasteiger charge is 2.10. The van der Waals surface area contributed by atoms with Crippen LogP contribution < -0.4 is 11.1 Å². The maximum absolute atomic E-state index is 12.0. The van der Waals surface area contributed by atoms with Gasteiger partial charge in [0.2, 0.25) is 5.91 Å². The molecule has 3 aromatic rings. The van der Waals surface area contributed by atoms with Gasteiger partial charge in [-0.2, -0.15) is 0 Å². The first-order valence-corrected chi connectivity index (χ1v) is 8.02. The van der Waals surface area contributed by atoms with Gasteiger partial charge in [0.1, 0.15) is 0 Å². The van der Waals surface area contributed by atoms with Crippen molar-refractivity contribution in [3.63, 3.8) is 0 Å². The summed E-state index contributed by atoms with van der Waals surface area (Å²) in [5.74, 6) is -0.588. The van der Waals surface area contributed by atoms with Gasteiger partial charge in [0, 0.05) is 31.1 Å². The van der Waals surface area contributed by atoms with Crippen molar-refractivity contribution >= 4 is 28.5 Å². The smallest absolute Gasteiger partial charge is 0.408 e.